The molecule has 0 amide bonds. The molecule has 1 heterocycles. The molecular weight excluding hydrogens is 334 g/mol. The van der Waals surface area contributed by atoms with Crippen LogP contribution in [0.15, 0.2) is 22.7 Å². The molecule has 1 aromatic carbocycles. The normalized spacial score (nSPS) is 16.3. The van der Waals surface area contributed by atoms with Gasteiger partial charge in [-0.05, 0) is 50.5 Å². The van der Waals surface area contributed by atoms with E-state index in [1.54, 1.807) is 6.07 Å². The third kappa shape index (κ3) is 4.76. The first-order valence-electron chi connectivity index (χ1n) is 7.46. The molecule has 0 spiro atoms. The van der Waals surface area contributed by atoms with Gasteiger partial charge in [0.25, 0.3) is 5.69 Å². The molecule has 0 unspecified atom stereocenters. The first-order valence-corrected chi connectivity index (χ1v) is 8.25. The lowest BCUT2D eigenvalue weighted by Gasteiger charge is -2.29. The number of nitrogens with one attached hydrogen (secondary N) is 1. The van der Waals surface area contributed by atoms with Crippen LogP contribution in [-0.4, -0.2) is 36.0 Å². The van der Waals surface area contributed by atoms with Gasteiger partial charge in [-0.3, -0.25) is 15.0 Å². The predicted molar refractivity (Wildman–Crippen MR) is 87.3 cm³/mol. The van der Waals surface area contributed by atoms with E-state index in [0.717, 1.165) is 36.2 Å². The van der Waals surface area contributed by atoms with E-state index in [0.29, 0.717) is 12.5 Å². The average Bonchev–Trinajstić information content (AvgIpc) is 2.49. The Bertz CT molecular complexity index is 490. The van der Waals surface area contributed by atoms with Crippen molar-refractivity contribution in [3.05, 3.63) is 38.3 Å². The van der Waals surface area contributed by atoms with E-state index in [9.17, 15) is 10.1 Å². The number of hydrogen-bond donors (Lipinski definition) is 1. The molecule has 1 fully saturated rings. The van der Waals surface area contributed by atoms with Crippen molar-refractivity contribution in [3.63, 3.8) is 0 Å². The summed E-state index contributed by atoms with van der Waals surface area (Å²) in [5.74, 6) is 0.695. The number of hydrogen-bond acceptors (Lipinski definition) is 4. The monoisotopic (exact) mass is 355 g/mol. The van der Waals surface area contributed by atoms with E-state index in [-0.39, 0.29) is 10.6 Å². The molecule has 0 saturated carbocycles. The lowest BCUT2D eigenvalue weighted by atomic mass is 9.97. The molecule has 2 rings (SSSR count). The molecule has 21 heavy (non-hydrogen) atoms. The first kappa shape index (κ1) is 16.4. The van der Waals surface area contributed by atoms with Crippen molar-refractivity contribution in [2.75, 3.05) is 26.2 Å². The molecule has 0 aliphatic carbocycles. The average molecular weight is 356 g/mol. The highest BCUT2D eigenvalue weighted by atomic mass is 79.9. The molecular formula is C15H22BrN3O2. The van der Waals surface area contributed by atoms with Gasteiger partial charge in [0.15, 0.2) is 0 Å². The number of halogens is 1. The Balaban J connectivity index is 2.05. The lowest BCUT2D eigenvalue weighted by molar-refractivity contribution is -0.385. The zero-order valence-electron chi connectivity index (χ0n) is 12.3. The summed E-state index contributed by atoms with van der Waals surface area (Å²) >= 11 is 3.30. The summed E-state index contributed by atoms with van der Waals surface area (Å²) in [5.41, 5.74) is 0.993. The molecule has 1 aliphatic heterocycles. The van der Waals surface area contributed by atoms with Crippen molar-refractivity contribution in [1.29, 1.82) is 0 Å². The fraction of sp³-hybridized carbons (Fsp3) is 0.600. The molecule has 1 aromatic rings. The Morgan fingerprint density at radius 3 is 2.76 bits per heavy atom. The van der Waals surface area contributed by atoms with Crippen LogP contribution < -0.4 is 5.32 Å². The third-order valence-electron chi connectivity index (χ3n) is 4.06. The fourth-order valence-electron chi connectivity index (χ4n) is 2.82. The second-order valence-electron chi connectivity index (χ2n) is 5.55. The van der Waals surface area contributed by atoms with E-state index in [1.165, 1.54) is 12.8 Å². The van der Waals surface area contributed by atoms with Gasteiger partial charge in [-0.1, -0.05) is 22.9 Å². The fourth-order valence-corrected chi connectivity index (χ4v) is 3.17. The topological polar surface area (TPSA) is 58.4 Å². The summed E-state index contributed by atoms with van der Waals surface area (Å²) in [6, 6.07) is 5.32. The smallest absolute Gasteiger partial charge is 0.275 e. The van der Waals surface area contributed by atoms with Crippen molar-refractivity contribution >= 4 is 21.6 Å². The van der Waals surface area contributed by atoms with Gasteiger partial charge in [0.2, 0.25) is 0 Å². The summed E-state index contributed by atoms with van der Waals surface area (Å²) in [6.07, 6.45) is 2.39. The molecule has 0 aromatic heterocycles. The van der Waals surface area contributed by atoms with Crippen molar-refractivity contribution in [2.45, 2.75) is 26.3 Å². The zero-order chi connectivity index (χ0) is 15.2. The van der Waals surface area contributed by atoms with Crippen molar-refractivity contribution in [2.24, 2.45) is 5.92 Å². The molecule has 116 valence electrons. The second-order valence-corrected chi connectivity index (χ2v) is 6.47. The number of piperidine rings is 1. The Morgan fingerprint density at radius 2 is 2.14 bits per heavy atom. The maximum Gasteiger partial charge on any atom is 0.275 e. The number of nitro benzene ring substituents is 1. The molecule has 1 N–H and O–H groups in total. The van der Waals surface area contributed by atoms with Gasteiger partial charge >= 0.3 is 0 Å². The highest BCUT2D eigenvalue weighted by Gasteiger charge is 2.20. The van der Waals surface area contributed by atoms with E-state index in [2.05, 4.69) is 33.1 Å². The number of nitrogens with zero attached hydrogens (tertiary/aromatic N) is 2. The number of nitro groups is 1. The van der Waals surface area contributed by atoms with Crippen molar-refractivity contribution in [1.82, 2.24) is 10.2 Å². The number of rotatable bonds is 6. The van der Waals surface area contributed by atoms with Crippen LogP contribution in [0.2, 0.25) is 0 Å². The Labute approximate surface area is 134 Å². The Kier molecular flexibility index (Phi) is 6.14. The first-order chi connectivity index (χ1) is 10.1. The van der Waals surface area contributed by atoms with Gasteiger partial charge in [-0.25, -0.2) is 0 Å². The zero-order valence-corrected chi connectivity index (χ0v) is 13.9. The van der Waals surface area contributed by atoms with Crippen LogP contribution in [0.4, 0.5) is 5.69 Å². The summed E-state index contributed by atoms with van der Waals surface area (Å²) in [4.78, 5) is 13.2. The summed E-state index contributed by atoms with van der Waals surface area (Å²) in [5, 5.41) is 14.6. The quantitative estimate of drug-likeness (QED) is 0.628. The summed E-state index contributed by atoms with van der Waals surface area (Å²) < 4.78 is 0.749. The SMILES string of the molecule is CCN(Cc1ccc(Br)cc1[N+](=O)[O-])CC1CCNCC1. The standard InChI is InChI=1S/C15H22BrN3O2/c1-2-18(10-12-5-7-17-8-6-12)11-13-3-4-14(16)9-15(13)19(20)21/h3-4,9,12,17H,2,5-8,10-11H2,1H3. The molecule has 0 radical (unpaired) electrons. The highest BCUT2D eigenvalue weighted by Crippen LogP contribution is 2.25. The third-order valence-corrected chi connectivity index (χ3v) is 4.55. The maximum atomic E-state index is 11.2. The van der Waals surface area contributed by atoms with E-state index >= 15 is 0 Å². The number of benzene rings is 1. The van der Waals surface area contributed by atoms with Gasteiger partial charge in [0.1, 0.15) is 0 Å². The molecule has 1 saturated heterocycles. The summed E-state index contributed by atoms with van der Waals surface area (Å²) in [6.45, 7) is 6.86. The maximum absolute atomic E-state index is 11.2. The van der Waals surface area contributed by atoms with Gasteiger partial charge in [-0.15, -0.1) is 0 Å². The van der Waals surface area contributed by atoms with E-state index < -0.39 is 0 Å². The van der Waals surface area contributed by atoms with Crippen LogP contribution in [0.25, 0.3) is 0 Å². The van der Waals surface area contributed by atoms with Crippen LogP contribution >= 0.6 is 15.9 Å². The molecule has 5 nitrogen and oxygen atoms in total. The van der Waals surface area contributed by atoms with E-state index in [1.807, 2.05) is 12.1 Å². The highest BCUT2D eigenvalue weighted by molar-refractivity contribution is 9.10. The van der Waals surface area contributed by atoms with Gasteiger partial charge in [0, 0.05) is 29.2 Å². The van der Waals surface area contributed by atoms with Crippen LogP contribution in [0, 0.1) is 16.0 Å². The molecule has 1 aliphatic rings. The Morgan fingerprint density at radius 1 is 1.43 bits per heavy atom. The minimum Gasteiger partial charge on any atom is -0.317 e. The van der Waals surface area contributed by atoms with Crippen LogP contribution in [0.1, 0.15) is 25.3 Å². The van der Waals surface area contributed by atoms with E-state index in [4.69, 9.17) is 0 Å². The molecule has 0 atom stereocenters. The van der Waals surface area contributed by atoms with Gasteiger partial charge in [0.05, 0.1) is 4.92 Å². The van der Waals surface area contributed by atoms with Crippen LogP contribution in [0.5, 0.6) is 0 Å². The molecule has 6 heteroatoms. The van der Waals surface area contributed by atoms with Crippen molar-refractivity contribution in [3.8, 4) is 0 Å². The summed E-state index contributed by atoms with van der Waals surface area (Å²) in [7, 11) is 0. The lowest BCUT2D eigenvalue weighted by Crippen LogP contribution is -2.36. The molecule has 0 bridgehead atoms. The Hall–Kier alpha value is -0.980. The van der Waals surface area contributed by atoms with Gasteiger partial charge in [-0.2, -0.15) is 0 Å². The largest absolute Gasteiger partial charge is 0.317 e. The van der Waals surface area contributed by atoms with Crippen molar-refractivity contribution < 1.29 is 4.92 Å². The minimum atomic E-state index is -0.293. The predicted octanol–water partition coefficient (Wildman–Crippen LogP) is 3.18. The van der Waals surface area contributed by atoms with Gasteiger partial charge < -0.3 is 5.32 Å². The van der Waals surface area contributed by atoms with Crippen LogP contribution in [0.3, 0.4) is 0 Å². The van der Waals surface area contributed by atoms with Crippen LogP contribution in [-0.2, 0) is 6.54 Å². The minimum absolute atomic E-state index is 0.202. The second kappa shape index (κ2) is 7.87.